The van der Waals surface area contributed by atoms with Crippen LogP contribution < -0.4 is 4.80 Å². The second-order valence-corrected chi connectivity index (χ2v) is 8.18. The molecule has 0 fully saturated rings. The second-order valence-electron chi connectivity index (χ2n) is 7.17. The maximum Gasteiger partial charge on any atom is 0.326 e. The fourth-order valence-electron chi connectivity index (χ4n) is 3.29. The van der Waals surface area contributed by atoms with E-state index < -0.39 is 0 Å². The Labute approximate surface area is 181 Å². The molecule has 5 nitrogen and oxygen atoms in total. The summed E-state index contributed by atoms with van der Waals surface area (Å²) in [5.74, 6) is -0.514. The van der Waals surface area contributed by atoms with E-state index in [1.54, 1.807) is 11.5 Å². The highest BCUT2D eigenvalue weighted by Gasteiger charge is 2.13. The number of thiazole rings is 1. The minimum absolute atomic E-state index is 0.0486. The van der Waals surface area contributed by atoms with Crippen molar-refractivity contribution in [3.8, 4) is 0 Å². The molecule has 0 aliphatic rings. The Hall–Kier alpha value is -2.73. The van der Waals surface area contributed by atoms with Gasteiger partial charge in [0.1, 0.15) is 6.54 Å². The Morgan fingerprint density at radius 1 is 1.03 bits per heavy atom. The highest BCUT2D eigenvalue weighted by atomic mass is 32.1. The average molecular weight is 425 g/mol. The van der Waals surface area contributed by atoms with Gasteiger partial charge in [0, 0.05) is 6.42 Å². The first kappa shape index (κ1) is 22.0. The number of carbonyl (C=O) groups is 2. The molecule has 3 rings (SSSR count). The molecule has 0 unspecified atom stereocenters. The lowest BCUT2D eigenvalue weighted by atomic mass is 10.1. The summed E-state index contributed by atoms with van der Waals surface area (Å²) in [5, 5.41) is 0. The molecule has 2 aromatic carbocycles. The van der Waals surface area contributed by atoms with Gasteiger partial charge in [0.2, 0.25) is 5.91 Å². The van der Waals surface area contributed by atoms with Crippen molar-refractivity contribution in [2.24, 2.45) is 4.99 Å². The third-order valence-corrected chi connectivity index (χ3v) is 5.89. The maximum atomic E-state index is 12.5. The van der Waals surface area contributed by atoms with Crippen molar-refractivity contribution in [3.05, 3.63) is 64.5 Å². The number of hydrogen-bond acceptors (Lipinski definition) is 4. The standard InChI is InChI=1S/C24H28N2O3S/c1-3-5-9-19-12-14-20-21(16-19)30-24(26(20)17-23(28)29-4-2)25-22(27)15-13-18-10-7-6-8-11-18/h6-8,10-12,14,16H,3-5,9,13,15,17H2,1-2H3. The number of amides is 1. The normalized spacial score (nSPS) is 11.7. The van der Waals surface area contributed by atoms with Gasteiger partial charge in [-0.05, 0) is 49.4 Å². The van der Waals surface area contributed by atoms with Gasteiger partial charge in [0.25, 0.3) is 0 Å². The molecular formula is C24H28N2O3S. The molecule has 30 heavy (non-hydrogen) atoms. The van der Waals surface area contributed by atoms with Gasteiger partial charge in [-0.25, -0.2) is 0 Å². The molecule has 1 heterocycles. The summed E-state index contributed by atoms with van der Waals surface area (Å²) in [6.07, 6.45) is 4.27. The zero-order valence-electron chi connectivity index (χ0n) is 17.6. The van der Waals surface area contributed by atoms with Gasteiger partial charge in [-0.15, -0.1) is 0 Å². The van der Waals surface area contributed by atoms with Crippen LogP contribution >= 0.6 is 11.3 Å². The van der Waals surface area contributed by atoms with Gasteiger partial charge < -0.3 is 9.30 Å². The monoisotopic (exact) mass is 424 g/mol. The summed E-state index contributed by atoms with van der Waals surface area (Å²) in [7, 11) is 0. The van der Waals surface area contributed by atoms with Crippen LogP contribution in [-0.2, 0) is 33.7 Å². The number of aromatic nitrogens is 1. The first-order valence-electron chi connectivity index (χ1n) is 10.5. The molecule has 0 saturated heterocycles. The highest BCUT2D eigenvalue weighted by Crippen LogP contribution is 2.21. The number of rotatable bonds is 9. The molecular weight excluding hydrogens is 396 g/mol. The lowest BCUT2D eigenvalue weighted by Gasteiger charge is -2.06. The Kier molecular flexibility index (Phi) is 7.97. The Morgan fingerprint density at radius 2 is 1.83 bits per heavy atom. The fraction of sp³-hybridized carbons (Fsp3) is 0.375. The molecule has 0 aliphatic heterocycles. The molecule has 6 heteroatoms. The second kappa shape index (κ2) is 10.9. The number of aryl methyl sites for hydroxylation is 2. The number of unbranched alkanes of at least 4 members (excludes halogenated alkanes) is 1. The van der Waals surface area contributed by atoms with Crippen LogP contribution in [0.4, 0.5) is 0 Å². The molecule has 1 aromatic heterocycles. The van der Waals surface area contributed by atoms with Crippen LogP contribution in [0.3, 0.4) is 0 Å². The van der Waals surface area contributed by atoms with Gasteiger partial charge in [0.05, 0.1) is 16.8 Å². The lowest BCUT2D eigenvalue weighted by Crippen LogP contribution is -2.23. The van der Waals surface area contributed by atoms with Crippen molar-refractivity contribution in [3.63, 3.8) is 0 Å². The summed E-state index contributed by atoms with van der Waals surface area (Å²) in [6.45, 7) is 4.33. The highest BCUT2D eigenvalue weighted by molar-refractivity contribution is 7.16. The van der Waals surface area contributed by atoms with Crippen LogP contribution in [0.15, 0.2) is 53.5 Å². The number of hydrogen-bond donors (Lipinski definition) is 0. The van der Waals surface area contributed by atoms with Crippen molar-refractivity contribution >= 4 is 33.4 Å². The minimum Gasteiger partial charge on any atom is -0.465 e. The summed E-state index contributed by atoms with van der Waals surface area (Å²) in [6, 6.07) is 16.2. The number of nitrogens with zero attached hydrogens (tertiary/aromatic N) is 2. The molecule has 0 N–H and O–H groups in total. The molecule has 0 aliphatic carbocycles. The quantitative estimate of drug-likeness (QED) is 0.469. The van der Waals surface area contributed by atoms with Crippen LogP contribution in [0, 0.1) is 0 Å². The lowest BCUT2D eigenvalue weighted by molar-refractivity contribution is -0.143. The number of carbonyl (C=O) groups excluding carboxylic acids is 2. The van der Waals surface area contributed by atoms with Crippen LogP contribution in [0.25, 0.3) is 10.2 Å². The molecule has 158 valence electrons. The van der Waals surface area contributed by atoms with E-state index in [0.717, 1.165) is 35.0 Å². The van der Waals surface area contributed by atoms with Gasteiger partial charge in [-0.1, -0.05) is 61.1 Å². The van der Waals surface area contributed by atoms with Crippen molar-refractivity contribution in [1.29, 1.82) is 0 Å². The van der Waals surface area contributed by atoms with Gasteiger partial charge >= 0.3 is 5.97 Å². The zero-order chi connectivity index (χ0) is 21.3. The number of ether oxygens (including phenoxy) is 1. The Balaban J connectivity index is 1.90. The first-order valence-corrected chi connectivity index (χ1v) is 11.3. The van der Waals surface area contributed by atoms with E-state index in [2.05, 4.69) is 24.0 Å². The molecule has 3 aromatic rings. The Morgan fingerprint density at radius 3 is 2.57 bits per heavy atom. The van der Waals surface area contributed by atoms with E-state index >= 15 is 0 Å². The van der Waals surface area contributed by atoms with E-state index in [-0.39, 0.29) is 18.4 Å². The molecule has 0 bridgehead atoms. The summed E-state index contributed by atoms with van der Waals surface area (Å²) < 4.78 is 7.95. The van der Waals surface area contributed by atoms with E-state index in [0.29, 0.717) is 24.2 Å². The average Bonchev–Trinajstić information content (AvgIpc) is 3.07. The number of fused-ring (bicyclic) bond motifs is 1. The van der Waals surface area contributed by atoms with E-state index in [9.17, 15) is 9.59 Å². The van der Waals surface area contributed by atoms with Crippen LogP contribution in [0.5, 0.6) is 0 Å². The number of esters is 1. The largest absolute Gasteiger partial charge is 0.465 e. The first-order chi connectivity index (χ1) is 14.6. The van der Waals surface area contributed by atoms with Crippen molar-refractivity contribution < 1.29 is 14.3 Å². The zero-order valence-corrected chi connectivity index (χ0v) is 18.4. The van der Waals surface area contributed by atoms with Crippen molar-refractivity contribution in [2.45, 2.75) is 52.5 Å². The third-order valence-electron chi connectivity index (χ3n) is 4.85. The predicted molar refractivity (Wildman–Crippen MR) is 120 cm³/mol. The molecule has 0 saturated carbocycles. The summed E-state index contributed by atoms with van der Waals surface area (Å²) in [4.78, 5) is 29.6. The van der Waals surface area contributed by atoms with Crippen molar-refractivity contribution in [2.75, 3.05) is 6.61 Å². The summed E-state index contributed by atoms with van der Waals surface area (Å²) >= 11 is 1.45. The summed E-state index contributed by atoms with van der Waals surface area (Å²) in [5.41, 5.74) is 3.27. The molecule has 0 spiro atoms. The van der Waals surface area contributed by atoms with Crippen LogP contribution in [-0.4, -0.2) is 23.1 Å². The smallest absolute Gasteiger partial charge is 0.326 e. The SMILES string of the molecule is CCCCc1ccc2c(c1)sc(=NC(=O)CCc1ccccc1)n2CC(=O)OCC. The van der Waals surface area contributed by atoms with Gasteiger partial charge in [-0.2, -0.15) is 4.99 Å². The fourth-order valence-corrected chi connectivity index (χ4v) is 4.40. The van der Waals surface area contributed by atoms with Crippen molar-refractivity contribution in [1.82, 2.24) is 4.57 Å². The Bertz CT molecular complexity index is 1070. The van der Waals surface area contributed by atoms with Crippen LogP contribution in [0.1, 0.15) is 44.2 Å². The van der Waals surface area contributed by atoms with E-state index in [1.165, 1.54) is 16.9 Å². The van der Waals surface area contributed by atoms with Gasteiger partial charge in [-0.3, -0.25) is 9.59 Å². The predicted octanol–water partition coefficient (Wildman–Crippen LogP) is 4.67. The third kappa shape index (κ3) is 5.89. The van der Waals surface area contributed by atoms with E-state index in [4.69, 9.17) is 4.74 Å². The minimum atomic E-state index is -0.328. The van der Waals surface area contributed by atoms with Crippen LogP contribution in [0.2, 0.25) is 0 Å². The van der Waals surface area contributed by atoms with E-state index in [1.807, 2.05) is 36.4 Å². The maximum absolute atomic E-state index is 12.5. The molecule has 0 atom stereocenters. The topological polar surface area (TPSA) is 60.7 Å². The molecule has 0 radical (unpaired) electrons. The number of benzene rings is 2. The van der Waals surface area contributed by atoms with Gasteiger partial charge in [0.15, 0.2) is 4.80 Å². The molecule has 1 amide bonds.